The van der Waals surface area contributed by atoms with Crippen LogP contribution in [0, 0.1) is 13.8 Å². The molecule has 1 unspecified atom stereocenters. The van der Waals surface area contributed by atoms with Gasteiger partial charge in [-0.2, -0.15) is 0 Å². The highest BCUT2D eigenvalue weighted by Gasteiger charge is 2.26. The summed E-state index contributed by atoms with van der Waals surface area (Å²) < 4.78 is 6.22. The molecule has 0 spiro atoms. The molecule has 27 heavy (non-hydrogen) atoms. The lowest BCUT2D eigenvalue weighted by molar-refractivity contribution is -0.0821. The first-order chi connectivity index (χ1) is 12.7. The van der Waals surface area contributed by atoms with E-state index in [1.165, 1.54) is 0 Å². The number of halogens is 1. The second-order valence-electron chi connectivity index (χ2n) is 7.91. The summed E-state index contributed by atoms with van der Waals surface area (Å²) in [5.41, 5.74) is 5.65. The van der Waals surface area contributed by atoms with Gasteiger partial charge in [-0.05, 0) is 81.1 Å². The Morgan fingerprint density at radius 2 is 1.74 bits per heavy atom. The number of benzene rings is 2. The normalized spacial score (nSPS) is 13.1. The Hall–Kier alpha value is -1.94. The van der Waals surface area contributed by atoms with Crippen LogP contribution in [0.2, 0.25) is 5.02 Å². The molecular weight excluding hydrogens is 358 g/mol. The Balaban J connectivity index is 2.34. The summed E-state index contributed by atoms with van der Waals surface area (Å²) in [5.74, 6) is 0. The van der Waals surface area contributed by atoms with E-state index < -0.39 is 6.10 Å². The predicted molar refractivity (Wildman–Crippen MR) is 112 cm³/mol. The number of nitrogens with zero attached hydrogens (tertiary/aromatic N) is 1. The van der Waals surface area contributed by atoms with Crippen LogP contribution < -0.4 is 0 Å². The molecular formula is C23H26ClNO2. The van der Waals surface area contributed by atoms with Crippen molar-refractivity contribution in [2.45, 2.75) is 46.3 Å². The summed E-state index contributed by atoms with van der Waals surface area (Å²) >= 11 is 6.11. The van der Waals surface area contributed by atoms with Crippen molar-refractivity contribution in [2.75, 3.05) is 6.61 Å². The van der Waals surface area contributed by atoms with Crippen LogP contribution in [-0.4, -0.2) is 22.3 Å². The van der Waals surface area contributed by atoms with Gasteiger partial charge in [0.2, 0.25) is 0 Å². The van der Waals surface area contributed by atoms with Gasteiger partial charge in [0.05, 0.1) is 17.7 Å². The summed E-state index contributed by atoms with van der Waals surface area (Å²) in [6.07, 6.45) is -0.429. The fourth-order valence-electron chi connectivity index (χ4n) is 3.48. The third kappa shape index (κ3) is 4.32. The minimum Gasteiger partial charge on any atom is -0.393 e. The number of aliphatic hydroxyl groups is 1. The quantitative estimate of drug-likeness (QED) is 0.598. The number of rotatable bonds is 4. The van der Waals surface area contributed by atoms with Gasteiger partial charge in [-0.1, -0.05) is 29.8 Å². The molecule has 1 N–H and O–H groups in total. The first-order valence-corrected chi connectivity index (χ1v) is 9.53. The van der Waals surface area contributed by atoms with E-state index in [1.807, 2.05) is 65.0 Å². The molecule has 2 aromatic carbocycles. The maximum atomic E-state index is 10.1. The Kier molecular flexibility index (Phi) is 5.57. The van der Waals surface area contributed by atoms with Crippen molar-refractivity contribution in [3.05, 3.63) is 64.3 Å². The number of pyridine rings is 1. The van der Waals surface area contributed by atoms with E-state index in [0.717, 1.165) is 38.9 Å². The van der Waals surface area contributed by atoms with Crippen LogP contribution in [0.3, 0.4) is 0 Å². The zero-order chi connectivity index (χ0) is 19.8. The Bertz CT molecular complexity index is 959. The average Bonchev–Trinajstić information content (AvgIpc) is 2.58. The van der Waals surface area contributed by atoms with Crippen LogP contribution in [0.25, 0.3) is 22.0 Å². The summed E-state index contributed by atoms with van der Waals surface area (Å²) in [4.78, 5) is 4.71. The summed E-state index contributed by atoms with van der Waals surface area (Å²) in [7, 11) is 0. The van der Waals surface area contributed by atoms with Gasteiger partial charge in [-0.25, -0.2) is 0 Å². The van der Waals surface area contributed by atoms with Crippen molar-refractivity contribution in [2.24, 2.45) is 0 Å². The molecule has 0 bridgehead atoms. The fraction of sp³-hybridized carbons (Fsp3) is 0.348. The van der Waals surface area contributed by atoms with Gasteiger partial charge in [0.25, 0.3) is 0 Å². The van der Waals surface area contributed by atoms with Gasteiger partial charge < -0.3 is 9.84 Å². The van der Waals surface area contributed by atoms with Gasteiger partial charge >= 0.3 is 0 Å². The first kappa shape index (κ1) is 19.8. The van der Waals surface area contributed by atoms with Crippen LogP contribution in [0.1, 0.15) is 43.7 Å². The van der Waals surface area contributed by atoms with Crippen LogP contribution in [0.15, 0.2) is 42.5 Å². The maximum absolute atomic E-state index is 10.1. The summed E-state index contributed by atoms with van der Waals surface area (Å²) in [5, 5.41) is 11.9. The molecule has 142 valence electrons. The lowest BCUT2D eigenvalue weighted by Gasteiger charge is -2.30. The molecule has 0 aliphatic heterocycles. The number of hydrogen-bond donors (Lipinski definition) is 1. The van der Waals surface area contributed by atoms with E-state index in [2.05, 4.69) is 12.1 Å². The largest absolute Gasteiger partial charge is 0.393 e. The van der Waals surface area contributed by atoms with E-state index in [9.17, 15) is 5.11 Å². The average molecular weight is 384 g/mol. The molecule has 3 aromatic rings. The molecule has 0 saturated carbocycles. The van der Waals surface area contributed by atoms with Gasteiger partial charge in [-0.15, -0.1) is 0 Å². The van der Waals surface area contributed by atoms with Crippen LogP contribution >= 0.6 is 11.6 Å². The fourth-order valence-corrected chi connectivity index (χ4v) is 3.61. The molecule has 1 aromatic heterocycles. The Morgan fingerprint density at radius 3 is 2.33 bits per heavy atom. The second kappa shape index (κ2) is 7.59. The van der Waals surface area contributed by atoms with Crippen LogP contribution in [0.5, 0.6) is 0 Å². The molecule has 4 heteroatoms. The zero-order valence-electron chi connectivity index (χ0n) is 16.5. The summed E-state index contributed by atoms with van der Waals surface area (Å²) in [6, 6.07) is 14.0. The Morgan fingerprint density at radius 1 is 1.07 bits per heavy atom. The highest BCUT2D eigenvalue weighted by Crippen LogP contribution is 2.40. The summed E-state index contributed by atoms with van der Waals surface area (Å²) in [6.45, 7) is 9.94. The van der Waals surface area contributed by atoms with E-state index in [0.29, 0.717) is 5.02 Å². The molecule has 0 aliphatic carbocycles. The number of aryl methyl sites for hydroxylation is 2. The van der Waals surface area contributed by atoms with Crippen molar-refractivity contribution in [3.63, 3.8) is 0 Å². The molecule has 0 saturated heterocycles. The van der Waals surface area contributed by atoms with Crippen molar-refractivity contribution in [1.29, 1.82) is 0 Å². The first-order valence-electron chi connectivity index (χ1n) is 9.15. The minimum atomic E-state index is -0.429. The lowest BCUT2D eigenvalue weighted by atomic mass is 9.88. The predicted octanol–water partition coefficient (Wildman–Crippen LogP) is 6.02. The highest BCUT2D eigenvalue weighted by atomic mass is 35.5. The number of aromatic nitrogens is 1. The molecule has 0 radical (unpaired) electrons. The SMILES string of the molecule is Cc1ccc2c(-c3ccc(Cl)cc3)c(C(CO)OC(C)(C)C)c(C)cc2n1. The number of aliphatic hydroxyl groups excluding tert-OH is 1. The second-order valence-corrected chi connectivity index (χ2v) is 8.35. The molecule has 1 heterocycles. The minimum absolute atomic E-state index is 0.0938. The molecule has 3 rings (SSSR count). The van der Waals surface area contributed by atoms with Gasteiger partial charge in [0, 0.05) is 16.1 Å². The zero-order valence-corrected chi connectivity index (χ0v) is 17.3. The Labute approximate surface area is 166 Å². The van der Waals surface area contributed by atoms with Gasteiger partial charge in [-0.3, -0.25) is 4.98 Å². The number of fused-ring (bicyclic) bond motifs is 1. The van der Waals surface area contributed by atoms with Crippen LogP contribution in [0.4, 0.5) is 0 Å². The van der Waals surface area contributed by atoms with E-state index in [1.54, 1.807) is 0 Å². The van der Waals surface area contributed by atoms with Crippen LogP contribution in [-0.2, 0) is 4.74 Å². The van der Waals surface area contributed by atoms with Crippen molar-refractivity contribution < 1.29 is 9.84 Å². The monoisotopic (exact) mass is 383 g/mol. The van der Waals surface area contributed by atoms with E-state index >= 15 is 0 Å². The standard InChI is InChI=1S/C23H26ClNO2/c1-14-12-19-18(11-6-15(2)25-19)22(16-7-9-17(24)10-8-16)21(14)20(13-26)27-23(3,4)5/h6-12,20,26H,13H2,1-5H3. The number of hydrogen-bond acceptors (Lipinski definition) is 3. The third-order valence-electron chi connectivity index (χ3n) is 4.50. The van der Waals surface area contributed by atoms with Crippen molar-refractivity contribution in [3.8, 4) is 11.1 Å². The van der Waals surface area contributed by atoms with E-state index in [-0.39, 0.29) is 12.2 Å². The van der Waals surface area contributed by atoms with Crippen molar-refractivity contribution >= 4 is 22.5 Å². The smallest absolute Gasteiger partial charge is 0.107 e. The third-order valence-corrected chi connectivity index (χ3v) is 4.75. The molecule has 0 fully saturated rings. The van der Waals surface area contributed by atoms with Crippen molar-refractivity contribution in [1.82, 2.24) is 4.98 Å². The highest BCUT2D eigenvalue weighted by molar-refractivity contribution is 6.30. The van der Waals surface area contributed by atoms with E-state index in [4.69, 9.17) is 21.3 Å². The molecule has 1 atom stereocenters. The molecule has 0 aliphatic rings. The van der Waals surface area contributed by atoms with Gasteiger partial charge in [0.1, 0.15) is 6.10 Å². The topological polar surface area (TPSA) is 42.4 Å². The maximum Gasteiger partial charge on any atom is 0.107 e. The molecule has 3 nitrogen and oxygen atoms in total. The number of ether oxygens (including phenoxy) is 1. The van der Waals surface area contributed by atoms with Gasteiger partial charge in [0.15, 0.2) is 0 Å². The lowest BCUT2D eigenvalue weighted by Crippen LogP contribution is -2.25. The molecule has 0 amide bonds.